The van der Waals surface area contributed by atoms with Gasteiger partial charge in [-0.15, -0.1) is 0 Å². The number of aliphatic hydroxyl groups excluding tert-OH is 1. The molecule has 1 atom stereocenters. The summed E-state index contributed by atoms with van der Waals surface area (Å²) < 4.78 is 0. The lowest BCUT2D eigenvalue weighted by molar-refractivity contribution is -0.136. The number of hydrogen-bond acceptors (Lipinski definition) is 3. The van der Waals surface area contributed by atoms with Gasteiger partial charge in [-0.2, -0.15) is 0 Å². The lowest BCUT2D eigenvalue weighted by Gasteiger charge is -2.20. The number of rotatable bonds is 6. The maximum atomic E-state index is 12.0. The second-order valence-corrected chi connectivity index (χ2v) is 5.87. The average molecular weight is 328 g/mol. The van der Waals surface area contributed by atoms with E-state index in [2.05, 4.69) is 10.6 Å². The van der Waals surface area contributed by atoms with Crippen molar-refractivity contribution in [3.05, 3.63) is 42.5 Å². The number of hydrogen-bond donors (Lipinski definition) is 3. The van der Waals surface area contributed by atoms with E-state index in [0.29, 0.717) is 5.69 Å². The molecule has 0 bridgehead atoms. The highest BCUT2D eigenvalue weighted by molar-refractivity contribution is 6.39. The van der Waals surface area contributed by atoms with Crippen LogP contribution in [0, 0.1) is 5.92 Å². The molecule has 0 fully saturated rings. The molecule has 24 heavy (non-hydrogen) atoms. The summed E-state index contributed by atoms with van der Waals surface area (Å²) in [6.45, 7) is 4.06. The summed E-state index contributed by atoms with van der Waals surface area (Å²) in [4.78, 5) is 23.8. The van der Waals surface area contributed by atoms with E-state index in [-0.39, 0.29) is 12.5 Å². The van der Waals surface area contributed by atoms with E-state index in [0.717, 1.165) is 23.6 Å². The van der Waals surface area contributed by atoms with E-state index in [1.165, 1.54) is 0 Å². The number of aliphatic hydroxyl groups is 1. The van der Waals surface area contributed by atoms with E-state index in [1.807, 2.05) is 50.2 Å². The molecular formula is C19H24N2O3. The number of carbonyl (C=O) groups is 2. The van der Waals surface area contributed by atoms with Gasteiger partial charge in [-0.1, -0.05) is 57.0 Å². The summed E-state index contributed by atoms with van der Waals surface area (Å²) in [5, 5.41) is 17.1. The number of carbonyl (C=O) groups excluding carboxylic acids is 2. The smallest absolute Gasteiger partial charge is 0.313 e. The van der Waals surface area contributed by atoms with Gasteiger partial charge in [0.2, 0.25) is 0 Å². The predicted octanol–water partition coefficient (Wildman–Crippen LogP) is 2.69. The molecule has 2 aromatic carbocycles. The van der Waals surface area contributed by atoms with Crippen LogP contribution in [0.1, 0.15) is 26.7 Å². The largest absolute Gasteiger partial charge is 0.391 e. The number of benzene rings is 2. The Balaban J connectivity index is 1.92. The van der Waals surface area contributed by atoms with Crippen molar-refractivity contribution >= 4 is 28.3 Å². The Bertz CT molecular complexity index is 711. The molecule has 2 rings (SSSR count). The standard InChI is InChI=1S/C19H24N2O3/c1-3-13(4-2)17(22)12-20-18(23)19(24)21-16-10-9-14-7-5-6-8-15(14)11-16/h5-11,13,17,22H,3-4,12H2,1-2H3,(H,20,23)(H,21,24). The van der Waals surface area contributed by atoms with Gasteiger partial charge in [-0.05, 0) is 28.8 Å². The van der Waals surface area contributed by atoms with Crippen molar-refractivity contribution in [3.8, 4) is 0 Å². The van der Waals surface area contributed by atoms with Crippen LogP contribution in [0.3, 0.4) is 0 Å². The maximum Gasteiger partial charge on any atom is 0.313 e. The molecule has 0 aliphatic heterocycles. The molecular weight excluding hydrogens is 304 g/mol. The fourth-order valence-electron chi connectivity index (χ4n) is 2.73. The minimum atomic E-state index is -0.742. The van der Waals surface area contributed by atoms with Crippen molar-refractivity contribution in [3.63, 3.8) is 0 Å². The summed E-state index contributed by atoms with van der Waals surface area (Å²) in [7, 11) is 0. The van der Waals surface area contributed by atoms with Crippen LogP contribution in [0.5, 0.6) is 0 Å². The summed E-state index contributed by atoms with van der Waals surface area (Å²) in [6, 6.07) is 13.2. The van der Waals surface area contributed by atoms with Crippen molar-refractivity contribution in [1.29, 1.82) is 0 Å². The van der Waals surface area contributed by atoms with Crippen molar-refractivity contribution in [2.45, 2.75) is 32.8 Å². The van der Waals surface area contributed by atoms with Crippen molar-refractivity contribution < 1.29 is 14.7 Å². The average Bonchev–Trinajstić information content (AvgIpc) is 2.60. The predicted molar refractivity (Wildman–Crippen MR) is 95.7 cm³/mol. The highest BCUT2D eigenvalue weighted by Gasteiger charge is 2.19. The molecule has 5 heteroatoms. The van der Waals surface area contributed by atoms with Gasteiger partial charge in [-0.25, -0.2) is 0 Å². The molecule has 2 aromatic rings. The highest BCUT2D eigenvalue weighted by atomic mass is 16.3. The summed E-state index contributed by atoms with van der Waals surface area (Å²) in [6.07, 6.45) is 1.02. The van der Waals surface area contributed by atoms with Crippen LogP contribution < -0.4 is 10.6 Å². The quantitative estimate of drug-likeness (QED) is 0.713. The minimum absolute atomic E-state index is 0.0797. The molecule has 0 radical (unpaired) electrons. The van der Waals surface area contributed by atoms with Gasteiger partial charge in [-0.3, -0.25) is 9.59 Å². The zero-order valence-corrected chi connectivity index (χ0v) is 14.1. The van der Waals surface area contributed by atoms with Crippen LogP contribution in [0.25, 0.3) is 10.8 Å². The Morgan fingerprint density at radius 3 is 2.33 bits per heavy atom. The number of anilines is 1. The first kappa shape index (κ1) is 17.9. The van der Waals surface area contributed by atoms with Crippen molar-refractivity contribution in [1.82, 2.24) is 5.32 Å². The number of fused-ring (bicyclic) bond motifs is 1. The third-order valence-corrected chi connectivity index (χ3v) is 4.28. The van der Waals surface area contributed by atoms with Crippen LogP contribution in [-0.4, -0.2) is 29.6 Å². The summed E-state index contributed by atoms with van der Waals surface area (Å²) in [5.74, 6) is -1.36. The van der Waals surface area contributed by atoms with Gasteiger partial charge in [0.1, 0.15) is 0 Å². The lowest BCUT2D eigenvalue weighted by atomic mass is 9.96. The molecule has 128 valence electrons. The number of amides is 2. The molecule has 0 aliphatic carbocycles. The molecule has 0 saturated carbocycles. The van der Waals surface area contributed by atoms with Crippen molar-refractivity contribution in [2.75, 3.05) is 11.9 Å². The fraction of sp³-hybridized carbons (Fsp3) is 0.368. The monoisotopic (exact) mass is 328 g/mol. The van der Waals surface area contributed by atoms with Crippen LogP contribution >= 0.6 is 0 Å². The first-order valence-corrected chi connectivity index (χ1v) is 8.31. The molecule has 5 nitrogen and oxygen atoms in total. The van der Waals surface area contributed by atoms with E-state index in [9.17, 15) is 14.7 Å². The fourth-order valence-corrected chi connectivity index (χ4v) is 2.73. The second kappa shape index (κ2) is 8.45. The molecule has 0 aromatic heterocycles. The Labute approximate surface area is 142 Å². The maximum absolute atomic E-state index is 12.0. The van der Waals surface area contributed by atoms with Crippen LogP contribution in [-0.2, 0) is 9.59 Å². The van der Waals surface area contributed by atoms with Gasteiger partial charge < -0.3 is 15.7 Å². The van der Waals surface area contributed by atoms with E-state index in [4.69, 9.17) is 0 Å². The molecule has 3 N–H and O–H groups in total. The normalized spacial score (nSPS) is 12.2. The van der Waals surface area contributed by atoms with Gasteiger partial charge in [0, 0.05) is 12.2 Å². The summed E-state index contributed by atoms with van der Waals surface area (Å²) in [5.41, 5.74) is 0.564. The first-order chi connectivity index (χ1) is 11.5. The molecule has 0 aliphatic rings. The number of nitrogens with one attached hydrogen (secondary N) is 2. The van der Waals surface area contributed by atoms with Crippen LogP contribution in [0.4, 0.5) is 5.69 Å². The highest BCUT2D eigenvalue weighted by Crippen LogP contribution is 2.18. The molecule has 0 heterocycles. The Morgan fingerprint density at radius 2 is 1.67 bits per heavy atom. The third-order valence-electron chi connectivity index (χ3n) is 4.28. The molecule has 2 amide bonds. The van der Waals surface area contributed by atoms with E-state index < -0.39 is 17.9 Å². The Kier molecular flexibility index (Phi) is 6.32. The molecule has 0 spiro atoms. The van der Waals surface area contributed by atoms with Gasteiger partial charge in [0.05, 0.1) is 6.10 Å². The summed E-state index contributed by atoms with van der Waals surface area (Å²) >= 11 is 0. The Hall–Kier alpha value is -2.40. The van der Waals surface area contributed by atoms with E-state index >= 15 is 0 Å². The van der Waals surface area contributed by atoms with E-state index in [1.54, 1.807) is 6.07 Å². The van der Waals surface area contributed by atoms with Gasteiger partial charge >= 0.3 is 11.8 Å². The van der Waals surface area contributed by atoms with Crippen molar-refractivity contribution in [2.24, 2.45) is 5.92 Å². The lowest BCUT2D eigenvalue weighted by Crippen LogP contribution is -2.41. The molecule has 0 saturated heterocycles. The topological polar surface area (TPSA) is 78.4 Å². The first-order valence-electron chi connectivity index (χ1n) is 8.31. The second-order valence-electron chi connectivity index (χ2n) is 5.87. The van der Waals surface area contributed by atoms with Crippen LogP contribution in [0.2, 0.25) is 0 Å². The third kappa shape index (κ3) is 4.55. The Morgan fingerprint density at radius 1 is 1.00 bits per heavy atom. The van der Waals surface area contributed by atoms with Crippen LogP contribution in [0.15, 0.2) is 42.5 Å². The SMILES string of the molecule is CCC(CC)C(O)CNC(=O)C(=O)Nc1ccc2ccccc2c1. The van der Waals surface area contributed by atoms with Gasteiger partial charge in [0.25, 0.3) is 0 Å². The minimum Gasteiger partial charge on any atom is -0.391 e. The van der Waals surface area contributed by atoms with Gasteiger partial charge in [0.15, 0.2) is 0 Å². The molecule has 1 unspecified atom stereocenters. The zero-order valence-electron chi connectivity index (χ0n) is 14.1. The zero-order chi connectivity index (χ0) is 17.5.